The number of aromatic nitrogens is 6. The van der Waals surface area contributed by atoms with Crippen LogP contribution in [0.1, 0.15) is 44.7 Å². The van der Waals surface area contributed by atoms with Gasteiger partial charge in [-0.1, -0.05) is 25.9 Å². The number of hydrogen-bond acceptors (Lipinski definition) is 8. The molecule has 0 saturated carbocycles. The predicted octanol–water partition coefficient (Wildman–Crippen LogP) is 1.43. The average molecular weight is 357 g/mol. The van der Waals surface area contributed by atoms with Crippen molar-refractivity contribution < 1.29 is 9.63 Å². The van der Waals surface area contributed by atoms with Gasteiger partial charge in [0.2, 0.25) is 5.89 Å². The fraction of sp³-hybridized carbons (Fsp3) is 0.588. The lowest BCUT2D eigenvalue weighted by molar-refractivity contribution is 0.198. The standard InChI is InChI=1S/C17H23N7O2/c1-10-20-12(26-22-10)8-24-15-13(21-16(24)17(2,3)4)14(18-9-19-15)23-6-5-11(25)7-23/h9,11,25H,5-8H2,1-4H3. The lowest BCUT2D eigenvalue weighted by Gasteiger charge is -2.18. The SMILES string of the molecule is Cc1noc(Cn2c(C(C)(C)C)nc3c(N4CCC(O)C4)ncnc32)n1. The number of rotatable bonds is 3. The minimum Gasteiger partial charge on any atom is -0.391 e. The van der Waals surface area contributed by atoms with E-state index in [4.69, 9.17) is 9.51 Å². The van der Waals surface area contributed by atoms with Crippen molar-refractivity contribution in [2.45, 2.75) is 52.2 Å². The van der Waals surface area contributed by atoms with Crippen molar-refractivity contribution in [2.24, 2.45) is 0 Å². The highest BCUT2D eigenvalue weighted by Gasteiger charge is 2.29. The Morgan fingerprint density at radius 2 is 2.08 bits per heavy atom. The van der Waals surface area contributed by atoms with Crippen molar-refractivity contribution >= 4 is 17.0 Å². The van der Waals surface area contributed by atoms with Gasteiger partial charge in [0.05, 0.1) is 6.10 Å². The van der Waals surface area contributed by atoms with Crippen LogP contribution in [0.3, 0.4) is 0 Å². The highest BCUT2D eigenvalue weighted by molar-refractivity contribution is 5.84. The molecule has 3 aromatic heterocycles. The van der Waals surface area contributed by atoms with Gasteiger partial charge in [0, 0.05) is 18.5 Å². The van der Waals surface area contributed by atoms with Crippen LogP contribution in [0.25, 0.3) is 11.2 Å². The molecular weight excluding hydrogens is 334 g/mol. The van der Waals surface area contributed by atoms with Gasteiger partial charge in [-0.15, -0.1) is 0 Å². The Hall–Kier alpha value is -2.55. The van der Waals surface area contributed by atoms with E-state index in [0.717, 1.165) is 35.8 Å². The molecule has 0 amide bonds. The second-order valence-corrected chi connectivity index (χ2v) is 7.76. The Balaban J connectivity index is 1.86. The second kappa shape index (κ2) is 6.01. The highest BCUT2D eigenvalue weighted by Crippen LogP contribution is 2.31. The van der Waals surface area contributed by atoms with Crippen molar-refractivity contribution in [1.82, 2.24) is 29.7 Å². The van der Waals surface area contributed by atoms with Gasteiger partial charge in [0.1, 0.15) is 18.7 Å². The van der Waals surface area contributed by atoms with Crippen molar-refractivity contribution in [2.75, 3.05) is 18.0 Å². The molecule has 0 spiro atoms. The van der Waals surface area contributed by atoms with Gasteiger partial charge in [-0.2, -0.15) is 4.98 Å². The maximum absolute atomic E-state index is 9.88. The van der Waals surface area contributed by atoms with Crippen LogP contribution < -0.4 is 4.90 Å². The van der Waals surface area contributed by atoms with Gasteiger partial charge in [-0.3, -0.25) is 0 Å². The zero-order valence-corrected chi connectivity index (χ0v) is 15.5. The van der Waals surface area contributed by atoms with Crippen molar-refractivity contribution in [3.63, 3.8) is 0 Å². The van der Waals surface area contributed by atoms with Gasteiger partial charge in [0.15, 0.2) is 22.8 Å². The smallest absolute Gasteiger partial charge is 0.246 e. The molecule has 1 aliphatic rings. The van der Waals surface area contributed by atoms with Gasteiger partial charge in [-0.05, 0) is 13.3 Å². The first kappa shape index (κ1) is 16.9. The van der Waals surface area contributed by atoms with Crippen molar-refractivity contribution in [1.29, 1.82) is 0 Å². The van der Waals surface area contributed by atoms with Crippen LogP contribution in [0.5, 0.6) is 0 Å². The number of fused-ring (bicyclic) bond motifs is 1. The molecule has 1 atom stereocenters. The Morgan fingerprint density at radius 1 is 1.27 bits per heavy atom. The number of anilines is 1. The molecule has 9 nitrogen and oxygen atoms in total. The molecule has 1 fully saturated rings. The van der Waals surface area contributed by atoms with E-state index in [9.17, 15) is 5.11 Å². The molecule has 26 heavy (non-hydrogen) atoms. The van der Waals surface area contributed by atoms with E-state index in [1.54, 1.807) is 13.3 Å². The van der Waals surface area contributed by atoms with Gasteiger partial charge in [-0.25, -0.2) is 15.0 Å². The highest BCUT2D eigenvalue weighted by atomic mass is 16.5. The molecule has 1 saturated heterocycles. The number of hydrogen-bond donors (Lipinski definition) is 1. The quantitative estimate of drug-likeness (QED) is 0.750. The molecule has 0 radical (unpaired) electrons. The summed E-state index contributed by atoms with van der Waals surface area (Å²) in [7, 11) is 0. The minimum atomic E-state index is -0.328. The third kappa shape index (κ3) is 2.92. The van der Waals surface area contributed by atoms with Crippen LogP contribution in [-0.4, -0.2) is 54.0 Å². The molecule has 1 unspecified atom stereocenters. The Labute approximate surface area is 151 Å². The lowest BCUT2D eigenvalue weighted by Crippen LogP contribution is -2.22. The maximum Gasteiger partial charge on any atom is 0.246 e. The number of aliphatic hydroxyl groups is 1. The predicted molar refractivity (Wildman–Crippen MR) is 95.0 cm³/mol. The van der Waals surface area contributed by atoms with E-state index in [1.807, 2.05) is 4.57 Å². The van der Waals surface area contributed by atoms with Crippen LogP contribution >= 0.6 is 0 Å². The van der Waals surface area contributed by atoms with E-state index < -0.39 is 0 Å². The molecule has 9 heteroatoms. The second-order valence-electron chi connectivity index (χ2n) is 7.76. The molecule has 138 valence electrons. The molecule has 0 aliphatic carbocycles. The number of aryl methyl sites for hydroxylation is 1. The van der Waals surface area contributed by atoms with E-state index >= 15 is 0 Å². The van der Waals surface area contributed by atoms with E-state index in [-0.39, 0.29) is 11.5 Å². The third-order valence-corrected chi connectivity index (χ3v) is 4.51. The fourth-order valence-corrected chi connectivity index (χ4v) is 3.35. The first-order valence-corrected chi connectivity index (χ1v) is 8.77. The molecular formula is C17H23N7O2. The molecule has 1 N–H and O–H groups in total. The summed E-state index contributed by atoms with van der Waals surface area (Å²) in [6, 6.07) is 0. The summed E-state index contributed by atoms with van der Waals surface area (Å²) in [5.41, 5.74) is 1.28. The number of imidazole rings is 1. The number of aliphatic hydroxyl groups excluding tert-OH is 1. The van der Waals surface area contributed by atoms with Gasteiger partial charge in [0.25, 0.3) is 0 Å². The topological polar surface area (TPSA) is 106 Å². The normalized spacial score (nSPS) is 18.2. The summed E-state index contributed by atoms with van der Waals surface area (Å²) >= 11 is 0. The van der Waals surface area contributed by atoms with Crippen LogP contribution in [0.2, 0.25) is 0 Å². The zero-order valence-electron chi connectivity index (χ0n) is 15.5. The maximum atomic E-state index is 9.88. The Bertz CT molecular complexity index is 940. The van der Waals surface area contributed by atoms with Gasteiger partial charge < -0.3 is 19.1 Å². The summed E-state index contributed by atoms with van der Waals surface area (Å²) in [4.78, 5) is 20.2. The summed E-state index contributed by atoms with van der Waals surface area (Å²) in [6.07, 6.45) is 1.96. The number of nitrogens with zero attached hydrogens (tertiary/aromatic N) is 7. The van der Waals surface area contributed by atoms with Crippen LogP contribution in [0.4, 0.5) is 5.82 Å². The average Bonchev–Trinajstić information content (AvgIpc) is 3.26. The fourth-order valence-electron chi connectivity index (χ4n) is 3.35. The molecule has 3 aromatic rings. The summed E-state index contributed by atoms with van der Waals surface area (Å²) in [5.74, 6) is 2.76. The van der Waals surface area contributed by atoms with Crippen molar-refractivity contribution in [3.05, 3.63) is 23.9 Å². The third-order valence-electron chi connectivity index (χ3n) is 4.51. The van der Waals surface area contributed by atoms with Crippen molar-refractivity contribution in [3.8, 4) is 0 Å². The monoisotopic (exact) mass is 357 g/mol. The molecule has 0 bridgehead atoms. The van der Waals surface area contributed by atoms with Crippen LogP contribution in [0, 0.1) is 6.92 Å². The largest absolute Gasteiger partial charge is 0.391 e. The van der Waals surface area contributed by atoms with Gasteiger partial charge >= 0.3 is 0 Å². The zero-order chi connectivity index (χ0) is 18.5. The molecule has 4 rings (SSSR count). The lowest BCUT2D eigenvalue weighted by atomic mass is 9.96. The summed E-state index contributed by atoms with van der Waals surface area (Å²) < 4.78 is 7.32. The van der Waals surface area contributed by atoms with Crippen LogP contribution in [0.15, 0.2) is 10.9 Å². The first-order chi connectivity index (χ1) is 12.3. The Morgan fingerprint density at radius 3 is 2.69 bits per heavy atom. The molecule has 4 heterocycles. The van der Waals surface area contributed by atoms with E-state index in [2.05, 4.69) is 45.8 Å². The van der Waals surface area contributed by atoms with Crippen LogP contribution in [-0.2, 0) is 12.0 Å². The summed E-state index contributed by atoms with van der Waals surface area (Å²) in [6.45, 7) is 9.84. The van der Waals surface area contributed by atoms with E-state index in [1.165, 1.54) is 0 Å². The van der Waals surface area contributed by atoms with E-state index in [0.29, 0.717) is 24.8 Å². The molecule has 0 aromatic carbocycles. The molecule has 1 aliphatic heterocycles. The summed E-state index contributed by atoms with van der Waals surface area (Å²) in [5, 5.41) is 13.8. The number of β-amino-alcohol motifs (C(OH)–C–C–N with tert-alkyl or cyclic N) is 1. The minimum absolute atomic E-state index is 0.197. The first-order valence-electron chi connectivity index (χ1n) is 8.77. The Kier molecular flexibility index (Phi) is 3.91.